The zero-order chi connectivity index (χ0) is 30.5. The first kappa shape index (κ1) is 27.8. The minimum atomic E-state index is 0.341. The first-order valence-electron chi connectivity index (χ1n) is 15.5. The molecule has 0 fully saturated rings. The van der Waals surface area contributed by atoms with Gasteiger partial charge in [0.15, 0.2) is 5.58 Å². The summed E-state index contributed by atoms with van der Waals surface area (Å²) in [7, 11) is 0. The SMILES string of the molecule is Cc1cccc(C)c1-c1cc(-c2nc3ccccc3n2-c2c(C(C)C)cccc2C(C)C)cc2oc(-c3ccccc3)nc12. The number of benzene rings is 5. The van der Waals surface area contributed by atoms with Crippen LogP contribution in [0.15, 0.2) is 108 Å². The number of aromatic nitrogens is 3. The van der Waals surface area contributed by atoms with Crippen LogP contribution < -0.4 is 0 Å². The number of hydrogen-bond donors (Lipinski definition) is 0. The molecule has 5 aromatic carbocycles. The van der Waals surface area contributed by atoms with E-state index < -0.39 is 0 Å². The van der Waals surface area contributed by atoms with E-state index in [4.69, 9.17) is 14.4 Å². The molecule has 2 aromatic heterocycles. The Morgan fingerprint density at radius 2 is 1.27 bits per heavy atom. The van der Waals surface area contributed by atoms with Crippen LogP contribution >= 0.6 is 0 Å². The van der Waals surface area contributed by atoms with Gasteiger partial charge in [-0.05, 0) is 89.9 Å². The predicted octanol–water partition coefficient (Wildman–Crippen LogP) is 11.0. The van der Waals surface area contributed by atoms with E-state index in [9.17, 15) is 0 Å². The number of fused-ring (bicyclic) bond motifs is 2. The monoisotopic (exact) mass is 575 g/mol. The van der Waals surface area contributed by atoms with Gasteiger partial charge in [-0.1, -0.05) is 94.4 Å². The molecule has 0 bridgehead atoms. The van der Waals surface area contributed by atoms with Crippen molar-refractivity contribution >= 4 is 22.1 Å². The van der Waals surface area contributed by atoms with Crippen LogP contribution in [0.3, 0.4) is 0 Å². The van der Waals surface area contributed by atoms with E-state index >= 15 is 0 Å². The fourth-order valence-corrected chi connectivity index (χ4v) is 6.51. The van der Waals surface area contributed by atoms with Gasteiger partial charge in [0.1, 0.15) is 11.3 Å². The van der Waals surface area contributed by atoms with Crippen molar-refractivity contribution in [1.82, 2.24) is 14.5 Å². The molecular formula is C40H37N3O. The van der Waals surface area contributed by atoms with Crippen molar-refractivity contribution in [3.8, 4) is 39.7 Å². The summed E-state index contributed by atoms with van der Waals surface area (Å²) in [4.78, 5) is 10.4. The van der Waals surface area contributed by atoms with Crippen molar-refractivity contribution in [1.29, 1.82) is 0 Å². The van der Waals surface area contributed by atoms with Gasteiger partial charge in [-0.15, -0.1) is 0 Å². The molecule has 0 N–H and O–H groups in total. The third-order valence-corrected chi connectivity index (χ3v) is 8.65. The molecule has 218 valence electrons. The third-order valence-electron chi connectivity index (χ3n) is 8.65. The number of hydrogen-bond acceptors (Lipinski definition) is 3. The molecule has 0 aliphatic carbocycles. The van der Waals surface area contributed by atoms with Crippen LogP contribution in [0.25, 0.3) is 61.8 Å². The molecule has 0 amide bonds. The quantitative estimate of drug-likeness (QED) is 0.198. The van der Waals surface area contributed by atoms with Gasteiger partial charge in [-0.2, -0.15) is 0 Å². The zero-order valence-electron chi connectivity index (χ0n) is 26.2. The maximum absolute atomic E-state index is 6.55. The third kappa shape index (κ3) is 4.62. The Kier molecular flexibility index (Phi) is 6.93. The van der Waals surface area contributed by atoms with Crippen molar-refractivity contribution in [2.24, 2.45) is 0 Å². The van der Waals surface area contributed by atoms with E-state index in [2.05, 4.69) is 119 Å². The Labute approximate surface area is 259 Å². The van der Waals surface area contributed by atoms with Crippen LogP contribution in [-0.4, -0.2) is 14.5 Å². The maximum Gasteiger partial charge on any atom is 0.227 e. The highest BCUT2D eigenvalue weighted by molar-refractivity contribution is 5.98. The van der Waals surface area contributed by atoms with Crippen molar-refractivity contribution in [3.63, 3.8) is 0 Å². The molecule has 0 unspecified atom stereocenters. The normalized spacial score (nSPS) is 11.8. The van der Waals surface area contributed by atoms with Crippen molar-refractivity contribution in [2.75, 3.05) is 0 Å². The minimum Gasteiger partial charge on any atom is -0.436 e. The maximum atomic E-state index is 6.55. The number of imidazole rings is 1. The molecule has 44 heavy (non-hydrogen) atoms. The van der Waals surface area contributed by atoms with Crippen molar-refractivity contribution in [3.05, 3.63) is 125 Å². The lowest BCUT2D eigenvalue weighted by Crippen LogP contribution is -2.08. The Bertz CT molecular complexity index is 2100. The van der Waals surface area contributed by atoms with Crippen molar-refractivity contribution in [2.45, 2.75) is 53.4 Å². The topological polar surface area (TPSA) is 43.9 Å². The van der Waals surface area contributed by atoms with Crippen molar-refractivity contribution < 1.29 is 4.42 Å². The molecule has 7 rings (SSSR count). The van der Waals surface area contributed by atoms with E-state index in [0.29, 0.717) is 17.7 Å². The summed E-state index contributed by atoms with van der Waals surface area (Å²) in [5.74, 6) is 2.19. The molecular weight excluding hydrogens is 538 g/mol. The van der Waals surface area contributed by atoms with Gasteiger partial charge in [0, 0.05) is 16.7 Å². The lowest BCUT2D eigenvalue weighted by molar-refractivity contribution is 0.620. The number of para-hydroxylation sites is 3. The summed E-state index contributed by atoms with van der Waals surface area (Å²) >= 11 is 0. The van der Waals surface area contributed by atoms with E-state index in [0.717, 1.165) is 44.6 Å². The highest BCUT2D eigenvalue weighted by atomic mass is 16.3. The number of nitrogens with zero attached hydrogens (tertiary/aromatic N) is 3. The summed E-state index contributed by atoms with van der Waals surface area (Å²) in [5.41, 5.74) is 14.1. The molecule has 0 atom stereocenters. The average molecular weight is 576 g/mol. The molecule has 2 heterocycles. The van der Waals surface area contributed by atoms with E-state index in [1.165, 1.54) is 33.5 Å². The van der Waals surface area contributed by atoms with Gasteiger partial charge in [-0.25, -0.2) is 9.97 Å². The average Bonchev–Trinajstić information content (AvgIpc) is 3.63. The predicted molar refractivity (Wildman–Crippen MR) is 183 cm³/mol. The molecule has 4 heteroatoms. The second-order valence-electron chi connectivity index (χ2n) is 12.4. The minimum absolute atomic E-state index is 0.341. The van der Waals surface area contributed by atoms with Gasteiger partial charge in [0.2, 0.25) is 5.89 Å². The van der Waals surface area contributed by atoms with Gasteiger partial charge in [0.05, 0.1) is 16.7 Å². The summed E-state index contributed by atoms with van der Waals surface area (Å²) in [5, 5.41) is 0. The van der Waals surface area contributed by atoms with Crippen LogP contribution in [0, 0.1) is 13.8 Å². The molecule has 4 nitrogen and oxygen atoms in total. The first-order valence-corrected chi connectivity index (χ1v) is 15.5. The van der Waals surface area contributed by atoms with Crippen LogP contribution in [0.5, 0.6) is 0 Å². The fourth-order valence-electron chi connectivity index (χ4n) is 6.51. The van der Waals surface area contributed by atoms with E-state index in [-0.39, 0.29) is 0 Å². The molecule has 0 saturated heterocycles. The molecule has 0 saturated carbocycles. The van der Waals surface area contributed by atoms with Gasteiger partial charge in [0.25, 0.3) is 0 Å². The first-order chi connectivity index (χ1) is 21.3. The summed E-state index contributed by atoms with van der Waals surface area (Å²) in [6, 6.07) is 36.1. The second kappa shape index (κ2) is 10.9. The Morgan fingerprint density at radius 3 is 1.95 bits per heavy atom. The lowest BCUT2D eigenvalue weighted by Gasteiger charge is -2.22. The van der Waals surface area contributed by atoms with E-state index in [1.54, 1.807) is 0 Å². The standard InChI is InChI=1S/C40H37N3O/c1-24(2)30-18-13-19-31(25(3)4)38(30)43-34-21-11-10-20-33(34)41-39(43)29-22-32(36-26(5)14-12-15-27(36)6)37-35(23-29)44-40(42-37)28-16-8-7-9-17-28/h7-25H,1-6H3. The number of rotatable bonds is 6. The largest absolute Gasteiger partial charge is 0.436 e. The van der Waals surface area contributed by atoms with Gasteiger partial charge >= 0.3 is 0 Å². The lowest BCUT2D eigenvalue weighted by atomic mass is 9.91. The van der Waals surface area contributed by atoms with Crippen LogP contribution in [0.2, 0.25) is 0 Å². The number of aryl methyl sites for hydroxylation is 2. The van der Waals surface area contributed by atoms with Gasteiger partial charge in [-0.3, -0.25) is 4.57 Å². The molecule has 0 aliphatic rings. The molecule has 0 spiro atoms. The smallest absolute Gasteiger partial charge is 0.227 e. The Balaban J connectivity index is 1.59. The highest BCUT2D eigenvalue weighted by Crippen LogP contribution is 2.41. The molecule has 7 aromatic rings. The fraction of sp³-hybridized carbons (Fsp3) is 0.200. The highest BCUT2D eigenvalue weighted by Gasteiger charge is 2.24. The van der Waals surface area contributed by atoms with E-state index in [1.807, 2.05) is 30.3 Å². The summed E-state index contributed by atoms with van der Waals surface area (Å²) < 4.78 is 8.93. The summed E-state index contributed by atoms with van der Waals surface area (Å²) in [6.07, 6.45) is 0. The second-order valence-corrected chi connectivity index (χ2v) is 12.4. The molecule has 0 radical (unpaired) electrons. The van der Waals surface area contributed by atoms with Crippen LogP contribution in [0.1, 0.15) is 61.8 Å². The van der Waals surface area contributed by atoms with Crippen LogP contribution in [0.4, 0.5) is 0 Å². The molecule has 0 aliphatic heterocycles. The Morgan fingerprint density at radius 1 is 0.636 bits per heavy atom. The zero-order valence-corrected chi connectivity index (χ0v) is 26.2. The van der Waals surface area contributed by atoms with Crippen LogP contribution in [-0.2, 0) is 0 Å². The Hall–Kier alpha value is -4.96. The number of oxazole rings is 1. The summed E-state index contributed by atoms with van der Waals surface area (Å²) in [6.45, 7) is 13.4. The van der Waals surface area contributed by atoms with Gasteiger partial charge < -0.3 is 4.42 Å².